The maximum absolute atomic E-state index is 12.9. The summed E-state index contributed by atoms with van der Waals surface area (Å²) in [6.45, 7) is 1.73. The van der Waals surface area contributed by atoms with Crippen molar-refractivity contribution in [2.45, 2.75) is 6.92 Å². The van der Waals surface area contributed by atoms with E-state index in [2.05, 4.69) is 20.9 Å². The summed E-state index contributed by atoms with van der Waals surface area (Å²) >= 11 is 5.94. The summed E-state index contributed by atoms with van der Waals surface area (Å²) in [4.78, 5) is 24.3. The molecular formula is C20H17ClFN5O2. The Hall–Kier alpha value is -3.52. The number of benzene rings is 2. The minimum Gasteiger partial charge on any atom is -0.322 e. The molecule has 3 rings (SSSR count). The molecule has 29 heavy (non-hydrogen) atoms. The molecule has 2 amide bonds. The van der Waals surface area contributed by atoms with Gasteiger partial charge < -0.3 is 5.32 Å². The van der Waals surface area contributed by atoms with Crippen LogP contribution in [0.1, 0.15) is 33.3 Å². The van der Waals surface area contributed by atoms with Crippen molar-refractivity contribution in [2.24, 2.45) is 12.1 Å². The second kappa shape index (κ2) is 8.66. The molecule has 0 aliphatic carbocycles. The monoisotopic (exact) mass is 413 g/mol. The van der Waals surface area contributed by atoms with Gasteiger partial charge >= 0.3 is 0 Å². The van der Waals surface area contributed by atoms with E-state index in [1.807, 2.05) is 0 Å². The molecule has 7 nitrogen and oxygen atoms in total. The lowest BCUT2D eigenvalue weighted by Crippen LogP contribution is -2.22. The summed E-state index contributed by atoms with van der Waals surface area (Å²) in [5.41, 5.74) is 4.89. The Morgan fingerprint density at radius 2 is 1.66 bits per heavy atom. The van der Waals surface area contributed by atoms with Gasteiger partial charge in [0.2, 0.25) is 0 Å². The maximum atomic E-state index is 12.9. The maximum Gasteiger partial charge on any atom is 0.291 e. The van der Waals surface area contributed by atoms with E-state index >= 15 is 0 Å². The molecule has 0 bridgehead atoms. The van der Waals surface area contributed by atoms with E-state index in [0.29, 0.717) is 17.0 Å². The summed E-state index contributed by atoms with van der Waals surface area (Å²) < 4.78 is 14.3. The molecule has 1 heterocycles. The Morgan fingerprint density at radius 1 is 1.03 bits per heavy atom. The third-order valence-electron chi connectivity index (χ3n) is 4.10. The number of rotatable bonds is 5. The number of hydrazone groups is 1. The zero-order valence-corrected chi connectivity index (χ0v) is 16.4. The van der Waals surface area contributed by atoms with Gasteiger partial charge in [0.25, 0.3) is 11.8 Å². The lowest BCUT2D eigenvalue weighted by atomic mass is 10.1. The molecule has 2 N–H and O–H groups in total. The predicted molar refractivity (Wildman–Crippen MR) is 109 cm³/mol. The fourth-order valence-corrected chi connectivity index (χ4v) is 2.77. The number of anilines is 1. The first kappa shape index (κ1) is 20.2. The number of halogens is 2. The lowest BCUT2D eigenvalue weighted by Gasteiger charge is -2.07. The van der Waals surface area contributed by atoms with Crippen molar-refractivity contribution in [1.82, 2.24) is 15.2 Å². The number of nitrogens with one attached hydrogen (secondary N) is 2. The largest absolute Gasteiger partial charge is 0.322 e. The fraction of sp³-hybridized carbons (Fsp3) is 0.100. The van der Waals surface area contributed by atoms with Crippen LogP contribution in [0, 0.1) is 5.82 Å². The number of amides is 2. The Morgan fingerprint density at radius 3 is 2.24 bits per heavy atom. The first-order valence-electron chi connectivity index (χ1n) is 8.54. The van der Waals surface area contributed by atoms with Gasteiger partial charge in [-0.3, -0.25) is 14.3 Å². The van der Waals surface area contributed by atoms with Crippen molar-refractivity contribution in [3.8, 4) is 0 Å². The number of nitrogens with zero attached hydrogens (tertiary/aromatic N) is 3. The second-order valence-electron chi connectivity index (χ2n) is 6.14. The molecule has 2 aromatic carbocycles. The smallest absolute Gasteiger partial charge is 0.291 e. The zero-order valence-electron chi connectivity index (χ0n) is 15.6. The molecule has 9 heteroatoms. The van der Waals surface area contributed by atoms with E-state index in [1.165, 1.54) is 35.1 Å². The molecule has 0 saturated heterocycles. The minimum atomic E-state index is -0.475. The highest BCUT2D eigenvalue weighted by molar-refractivity contribution is 6.33. The van der Waals surface area contributed by atoms with Gasteiger partial charge in [0.05, 0.1) is 16.9 Å². The molecular weight excluding hydrogens is 397 g/mol. The van der Waals surface area contributed by atoms with Gasteiger partial charge in [-0.25, -0.2) is 9.82 Å². The highest BCUT2D eigenvalue weighted by atomic mass is 35.5. The van der Waals surface area contributed by atoms with Crippen molar-refractivity contribution in [2.75, 3.05) is 5.32 Å². The first-order chi connectivity index (χ1) is 13.8. The number of carbonyl (C=O) groups excluding carboxylic acids is 2. The zero-order chi connectivity index (χ0) is 21.0. The number of hydrogen-bond donors (Lipinski definition) is 2. The molecule has 0 saturated carbocycles. The molecule has 3 aromatic rings. The van der Waals surface area contributed by atoms with Crippen LogP contribution in [0.25, 0.3) is 0 Å². The van der Waals surface area contributed by atoms with Crippen LogP contribution < -0.4 is 10.7 Å². The average molecular weight is 414 g/mol. The van der Waals surface area contributed by atoms with Gasteiger partial charge in [0.15, 0.2) is 0 Å². The van der Waals surface area contributed by atoms with Crippen molar-refractivity contribution < 1.29 is 14.0 Å². The summed E-state index contributed by atoms with van der Waals surface area (Å²) in [7, 11) is 1.61. The number of hydrogen-bond acceptors (Lipinski definition) is 4. The van der Waals surface area contributed by atoms with Crippen LogP contribution in [-0.2, 0) is 7.05 Å². The average Bonchev–Trinajstić information content (AvgIpc) is 3.05. The number of aryl methyl sites for hydroxylation is 1. The summed E-state index contributed by atoms with van der Waals surface area (Å²) in [6.07, 6.45) is 1.38. The van der Waals surface area contributed by atoms with Crippen molar-refractivity contribution in [1.29, 1.82) is 0 Å². The summed E-state index contributed by atoms with van der Waals surface area (Å²) in [5.74, 6) is -1.22. The topological polar surface area (TPSA) is 88.4 Å². The standard InChI is InChI=1S/C20H17ClFN5O2/c1-12(25-26-20(29)18-17(21)11-23-27(18)2)13-5-9-16(10-6-13)24-19(28)14-3-7-15(22)8-4-14/h3-11H,1-2H3,(H,24,28)(H,26,29). The molecule has 0 spiro atoms. The van der Waals surface area contributed by atoms with Crippen molar-refractivity contribution >= 4 is 34.8 Å². The number of carbonyl (C=O) groups is 2. The molecule has 0 atom stereocenters. The Kier molecular flexibility index (Phi) is 6.04. The normalized spacial score (nSPS) is 11.2. The second-order valence-corrected chi connectivity index (χ2v) is 6.55. The molecule has 1 aromatic heterocycles. The lowest BCUT2D eigenvalue weighted by molar-refractivity contribution is 0.0944. The van der Waals surface area contributed by atoms with Crippen LogP contribution in [0.15, 0.2) is 59.8 Å². The summed E-state index contributed by atoms with van der Waals surface area (Å²) in [5, 5.41) is 10.9. The van der Waals surface area contributed by atoms with E-state index in [0.717, 1.165) is 5.56 Å². The first-order valence-corrected chi connectivity index (χ1v) is 8.92. The fourth-order valence-electron chi connectivity index (χ4n) is 2.52. The van der Waals surface area contributed by atoms with E-state index in [9.17, 15) is 14.0 Å². The Labute approximate surface area is 171 Å². The minimum absolute atomic E-state index is 0.210. The van der Waals surface area contributed by atoms with Crippen LogP contribution in [-0.4, -0.2) is 27.3 Å². The third-order valence-corrected chi connectivity index (χ3v) is 4.38. The SMILES string of the molecule is CC(=NNC(=O)c1c(Cl)cnn1C)c1ccc(NC(=O)c2ccc(F)cc2)cc1. The van der Waals surface area contributed by atoms with E-state index in [-0.39, 0.29) is 16.6 Å². The van der Waals surface area contributed by atoms with Gasteiger partial charge in [0, 0.05) is 18.3 Å². The molecule has 0 aliphatic rings. The quantitative estimate of drug-likeness (QED) is 0.494. The highest BCUT2D eigenvalue weighted by Gasteiger charge is 2.15. The van der Waals surface area contributed by atoms with E-state index in [4.69, 9.17) is 11.6 Å². The molecule has 0 fully saturated rings. The molecule has 0 aliphatic heterocycles. The van der Waals surface area contributed by atoms with Crippen LogP contribution in [0.2, 0.25) is 5.02 Å². The van der Waals surface area contributed by atoms with Gasteiger partial charge in [-0.1, -0.05) is 23.7 Å². The Balaban J connectivity index is 1.64. The van der Waals surface area contributed by atoms with Crippen LogP contribution >= 0.6 is 11.6 Å². The van der Waals surface area contributed by atoms with Gasteiger partial charge in [-0.2, -0.15) is 10.2 Å². The summed E-state index contributed by atoms with van der Waals surface area (Å²) in [6, 6.07) is 12.2. The molecule has 0 radical (unpaired) electrons. The van der Waals surface area contributed by atoms with Crippen LogP contribution in [0.4, 0.5) is 10.1 Å². The predicted octanol–water partition coefficient (Wildman–Crippen LogP) is 3.62. The van der Waals surface area contributed by atoms with Crippen molar-refractivity contribution in [3.05, 3.63) is 82.4 Å². The van der Waals surface area contributed by atoms with Crippen molar-refractivity contribution in [3.63, 3.8) is 0 Å². The van der Waals surface area contributed by atoms with Crippen LogP contribution in [0.3, 0.4) is 0 Å². The van der Waals surface area contributed by atoms with Gasteiger partial charge in [-0.15, -0.1) is 0 Å². The van der Waals surface area contributed by atoms with Gasteiger partial charge in [0.1, 0.15) is 11.5 Å². The highest BCUT2D eigenvalue weighted by Crippen LogP contribution is 2.14. The Bertz CT molecular complexity index is 1060. The van der Waals surface area contributed by atoms with E-state index < -0.39 is 11.7 Å². The van der Waals surface area contributed by atoms with Crippen LogP contribution in [0.5, 0.6) is 0 Å². The van der Waals surface area contributed by atoms with E-state index in [1.54, 1.807) is 38.2 Å². The third kappa shape index (κ3) is 4.85. The molecule has 148 valence electrons. The molecule has 0 unspecified atom stereocenters. The van der Waals surface area contributed by atoms with Gasteiger partial charge in [-0.05, 0) is 48.9 Å². The number of aromatic nitrogens is 2.